The van der Waals surface area contributed by atoms with Gasteiger partial charge in [0.25, 0.3) is 0 Å². The first-order chi connectivity index (χ1) is 17.4. The summed E-state index contributed by atoms with van der Waals surface area (Å²) in [6, 6.07) is 3.89. The number of allylic oxidation sites excluding steroid dienone is 2. The molecule has 1 N–H and O–H groups in total. The number of ether oxygens (including phenoxy) is 1. The van der Waals surface area contributed by atoms with Crippen LogP contribution in [-0.2, 0) is 35.5 Å². The highest BCUT2D eigenvalue weighted by molar-refractivity contribution is 5.77. The number of carbonyl (C=O) groups is 2. The molecule has 7 nitrogen and oxygen atoms in total. The predicted octanol–water partition coefficient (Wildman–Crippen LogP) is 5.86. The van der Waals surface area contributed by atoms with Gasteiger partial charge >= 0.3 is 5.97 Å². The highest BCUT2D eigenvalue weighted by atomic mass is 16.5. The summed E-state index contributed by atoms with van der Waals surface area (Å²) in [6.07, 6.45) is 9.71. The first kappa shape index (κ1) is 26.0. The van der Waals surface area contributed by atoms with Gasteiger partial charge in [-0.05, 0) is 63.1 Å². The highest BCUT2D eigenvalue weighted by Crippen LogP contribution is 2.36. The van der Waals surface area contributed by atoms with E-state index < -0.39 is 5.97 Å². The number of carbonyl (C=O) groups excluding carboxylic acids is 1. The summed E-state index contributed by atoms with van der Waals surface area (Å²) in [5, 5.41) is 9.19. The molecule has 7 heteroatoms. The topological polar surface area (TPSA) is 92.9 Å². The van der Waals surface area contributed by atoms with Crippen LogP contribution in [0.25, 0.3) is 5.57 Å². The van der Waals surface area contributed by atoms with E-state index in [0.29, 0.717) is 50.8 Å². The summed E-state index contributed by atoms with van der Waals surface area (Å²) >= 11 is 0. The summed E-state index contributed by atoms with van der Waals surface area (Å²) in [5.41, 5.74) is 4.93. The number of fused-ring (bicyclic) bond motifs is 1. The number of nitrogens with zero attached hydrogens (tertiary/aromatic N) is 2. The number of aliphatic carboxylic acids is 1. The molecule has 2 heterocycles. The SMILES string of the molecule is C/C=C(\C)c1nc(CCOc2ccc(CCC(=O)O)c3c2CN(C(=O)CC2CCCCC2)C3)c(C)o1. The largest absolute Gasteiger partial charge is 0.493 e. The van der Waals surface area contributed by atoms with Crippen molar-refractivity contribution in [3.63, 3.8) is 0 Å². The Morgan fingerprint density at radius 1 is 1.17 bits per heavy atom. The number of hydrogen-bond acceptors (Lipinski definition) is 5. The summed E-state index contributed by atoms with van der Waals surface area (Å²) in [6.45, 7) is 7.34. The average Bonchev–Trinajstić information content (AvgIpc) is 3.48. The Kier molecular flexibility index (Phi) is 8.49. The van der Waals surface area contributed by atoms with Crippen LogP contribution in [0.2, 0.25) is 0 Å². The van der Waals surface area contributed by atoms with E-state index in [2.05, 4.69) is 4.98 Å². The van der Waals surface area contributed by atoms with Crippen molar-refractivity contribution in [1.29, 1.82) is 0 Å². The maximum absolute atomic E-state index is 13.2. The van der Waals surface area contributed by atoms with Gasteiger partial charge in [-0.3, -0.25) is 9.59 Å². The number of aryl methyl sites for hydroxylation is 2. The van der Waals surface area contributed by atoms with E-state index in [9.17, 15) is 14.7 Å². The minimum Gasteiger partial charge on any atom is -0.493 e. The Hall–Kier alpha value is -3.09. The Labute approximate surface area is 213 Å². The van der Waals surface area contributed by atoms with Crippen LogP contribution in [0.1, 0.15) is 92.8 Å². The third-order valence-electron chi connectivity index (χ3n) is 7.59. The lowest BCUT2D eigenvalue weighted by Gasteiger charge is -2.24. The van der Waals surface area contributed by atoms with Crippen molar-refractivity contribution in [3.8, 4) is 5.75 Å². The molecule has 0 radical (unpaired) electrons. The third-order valence-corrected chi connectivity index (χ3v) is 7.59. The zero-order valence-electron chi connectivity index (χ0n) is 21.8. The molecular formula is C29H38N2O5. The molecule has 4 rings (SSSR count). The maximum atomic E-state index is 13.2. The second kappa shape index (κ2) is 11.8. The van der Waals surface area contributed by atoms with E-state index >= 15 is 0 Å². The first-order valence-electron chi connectivity index (χ1n) is 13.2. The van der Waals surface area contributed by atoms with Gasteiger partial charge in [-0.2, -0.15) is 0 Å². The van der Waals surface area contributed by atoms with Crippen LogP contribution >= 0.6 is 0 Å². The predicted molar refractivity (Wildman–Crippen MR) is 138 cm³/mol. The molecule has 2 aromatic rings. The summed E-state index contributed by atoms with van der Waals surface area (Å²) in [4.78, 5) is 30.9. The number of oxazole rings is 1. The Morgan fingerprint density at radius 2 is 1.92 bits per heavy atom. The van der Waals surface area contributed by atoms with Gasteiger partial charge in [0.2, 0.25) is 11.8 Å². The number of aromatic nitrogens is 1. The van der Waals surface area contributed by atoms with Crippen LogP contribution < -0.4 is 4.74 Å². The Balaban J connectivity index is 1.46. The van der Waals surface area contributed by atoms with Gasteiger partial charge in [-0.1, -0.05) is 31.4 Å². The zero-order valence-corrected chi connectivity index (χ0v) is 21.8. The first-order valence-corrected chi connectivity index (χ1v) is 13.2. The molecule has 1 fully saturated rings. The molecular weight excluding hydrogens is 456 g/mol. The van der Waals surface area contributed by atoms with Gasteiger partial charge < -0.3 is 19.2 Å². The van der Waals surface area contributed by atoms with Crippen LogP contribution in [0.15, 0.2) is 22.6 Å². The van der Waals surface area contributed by atoms with Gasteiger partial charge in [0.05, 0.1) is 12.3 Å². The van der Waals surface area contributed by atoms with Crippen LogP contribution in [0, 0.1) is 12.8 Å². The molecule has 0 atom stereocenters. The number of rotatable bonds is 10. The van der Waals surface area contributed by atoms with Crippen molar-refractivity contribution in [3.05, 3.63) is 52.2 Å². The van der Waals surface area contributed by atoms with E-state index in [1.807, 2.05) is 43.9 Å². The fraction of sp³-hybridized carbons (Fsp3) is 0.552. The van der Waals surface area contributed by atoms with Gasteiger partial charge in [-0.25, -0.2) is 4.98 Å². The van der Waals surface area contributed by atoms with E-state index in [-0.39, 0.29) is 12.3 Å². The van der Waals surface area contributed by atoms with Crippen LogP contribution in [0.4, 0.5) is 0 Å². The number of carboxylic acids is 1. The number of benzene rings is 1. The number of amides is 1. The van der Waals surface area contributed by atoms with Crippen molar-refractivity contribution in [2.24, 2.45) is 5.92 Å². The quantitative estimate of drug-likeness (QED) is 0.445. The molecule has 1 aliphatic heterocycles. The van der Waals surface area contributed by atoms with Crippen LogP contribution in [-0.4, -0.2) is 33.5 Å². The highest BCUT2D eigenvalue weighted by Gasteiger charge is 2.30. The molecule has 0 spiro atoms. The second-order valence-electron chi connectivity index (χ2n) is 10.1. The van der Waals surface area contributed by atoms with E-state index in [4.69, 9.17) is 9.15 Å². The summed E-state index contributed by atoms with van der Waals surface area (Å²) in [7, 11) is 0. The standard InChI is InChI=1S/C29H38N2O5/c1-4-19(2)29-30-25(20(3)36-29)14-15-35-26-12-10-22(11-13-28(33)34)23-17-31(18-24(23)26)27(32)16-21-8-6-5-7-9-21/h4,10,12,21H,5-9,11,13-18H2,1-3H3,(H,33,34)/b19-4+. The zero-order chi connectivity index (χ0) is 25.7. The molecule has 0 unspecified atom stereocenters. The minimum absolute atomic E-state index is 0.0715. The smallest absolute Gasteiger partial charge is 0.303 e. The van der Waals surface area contributed by atoms with Crippen LogP contribution in [0.5, 0.6) is 5.75 Å². The van der Waals surface area contributed by atoms with Gasteiger partial charge in [0.1, 0.15) is 11.5 Å². The molecule has 36 heavy (non-hydrogen) atoms. The molecule has 2 aliphatic rings. The normalized spacial score (nSPS) is 16.3. The van der Waals surface area contributed by atoms with Gasteiger partial charge in [-0.15, -0.1) is 0 Å². The average molecular weight is 495 g/mol. The van der Waals surface area contributed by atoms with Crippen molar-refractivity contribution >= 4 is 17.4 Å². The molecule has 0 bridgehead atoms. The fourth-order valence-corrected chi connectivity index (χ4v) is 5.29. The van der Waals surface area contributed by atoms with Gasteiger partial charge in [0.15, 0.2) is 0 Å². The fourth-order valence-electron chi connectivity index (χ4n) is 5.29. The summed E-state index contributed by atoms with van der Waals surface area (Å²) < 4.78 is 12.0. The molecule has 1 saturated carbocycles. The van der Waals surface area contributed by atoms with Gasteiger partial charge in [0, 0.05) is 43.5 Å². The number of hydrogen-bond donors (Lipinski definition) is 1. The lowest BCUT2D eigenvalue weighted by atomic mass is 9.87. The molecule has 194 valence electrons. The molecule has 1 aliphatic carbocycles. The lowest BCUT2D eigenvalue weighted by Crippen LogP contribution is -2.28. The molecule has 1 aromatic carbocycles. The summed E-state index contributed by atoms with van der Waals surface area (Å²) in [5.74, 6) is 2.06. The van der Waals surface area contributed by atoms with E-state index in [1.165, 1.54) is 19.3 Å². The van der Waals surface area contributed by atoms with E-state index in [0.717, 1.165) is 52.3 Å². The third kappa shape index (κ3) is 6.18. The van der Waals surface area contributed by atoms with Crippen molar-refractivity contribution in [1.82, 2.24) is 9.88 Å². The maximum Gasteiger partial charge on any atom is 0.303 e. The van der Waals surface area contributed by atoms with Crippen molar-refractivity contribution in [2.45, 2.75) is 91.6 Å². The number of carboxylic acid groups (broad SMARTS) is 1. The molecule has 0 saturated heterocycles. The van der Waals surface area contributed by atoms with E-state index in [1.54, 1.807) is 0 Å². The Bertz CT molecular complexity index is 1130. The molecule has 1 amide bonds. The minimum atomic E-state index is -0.817. The van der Waals surface area contributed by atoms with Crippen molar-refractivity contribution < 1.29 is 23.8 Å². The Morgan fingerprint density at radius 3 is 2.64 bits per heavy atom. The van der Waals surface area contributed by atoms with Crippen LogP contribution in [0.3, 0.4) is 0 Å². The monoisotopic (exact) mass is 494 g/mol. The molecule has 1 aromatic heterocycles. The van der Waals surface area contributed by atoms with Crippen molar-refractivity contribution in [2.75, 3.05) is 6.61 Å². The lowest BCUT2D eigenvalue weighted by molar-refractivity contribution is -0.137. The second-order valence-corrected chi connectivity index (χ2v) is 10.1.